The zero-order valence-corrected chi connectivity index (χ0v) is 12.1. The maximum atomic E-state index is 12.0. The van der Waals surface area contributed by atoms with E-state index in [0.29, 0.717) is 19.6 Å². The predicted octanol–water partition coefficient (Wildman–Crippen LogP) is 1.51. The van der Waals surface area contributed by atoms with Gasteiger partial charge in [-0.3, -0.25) is 4.79 Å². The van der Waals surface area contributed by atoms with Gasteiger partial charge in [0, 0.05) is 25.0 Å². The first-order chi connectivity index (χ1) is 8.25. The number of ether oxygens (including phenoxy) is 1. The number of rotatable bonds is 4. The lowest BCUT2D eigenvalue weighted by atomic mass is 10.2. The van der Waals surface area contributed by atoms with Crippen LogP contribution in [0.4, 0.5) is 0 Å². The Morgan fingerprint density at radius 1 is 1.67 bits per heavy atom. The lowest BCUT2D eigenvalue weighted by molar-refractivity contribution is -0.133. The maximum absolute atomic E-state index is 12.0. The Kier molecular flexibility index (Phi) is 6.63. The molecular weight excluding hydrogens is 272 g/mol. The minimum Gasteiger partial charge on any atom is -0.375 e. The predicted molar refractivity (Wildman–Crippen MR) is 75.3 cm³/mol. The molecule has 1 amide bonds. The molecule has 0 radical (unpaired) electrons. The van der Waals surface area contributed by atoms with Gasteiger partial charge in [0.25, 0.3) is 0 Å². The van der Waals surface area contributed by atoms with Crippen LogP contribution in [-0.2, 0) is 16.1 Å². The molecule has 0 spiro atoms. The minimum atomic E-state index is 0. The van der Waals surface area contributed by atoms with Crippen LogP contribution in [0.2, 0.25) is 0 Å². The third-order valence-corrected chi connectivity index (χ3v) is 3.67. The fraction of sp³-hybridized carbons (Fsp3) is 0.583. The molecule has 1 atom stereocenters. The smallest absolute Gasteiger partial charge is 0.225 e. The number of amides is 1. The van der Waals surface area contributed by atoms with E-state index >= 15 is 0 Å². The number of carbonyl (C=O) groups is 1. The Balaban J connectivity index is 0.00000162. The van der Waals surface area contributed by atoms with Gasteiger partial charge < -0.3 is 15.0 Å². The van der Waals surface area contributed by atoms with Gasteiger partial charge in [-0.05, 0) is 11.4 Å². The molecule has 1 N–H and O–H groups in total. The van der Waals surface area contributed by atoms with Crippen molar-refractivity contribution < 1.29 is 9.53 Å². The zero-order valence-electron chi connectivity index (χ0n) is 10.4. The number of carbonyl (C=O) groups excluding carboxylic acids is 1. The number of nitrogens with one attached hydrogen (secondary N) is 1. The third-order valence-electron chi connectivity index (χ3n) is 2.81. The Labute approximate surface area is 118 Å². The van der Waals surface area contributed by atoms with E-state index in [0.717, 1.165) is 13.1 Å². The van der Waals surface area contributed by atoms with E-state index in [9.17, 15) is 4.79 Å². The summed E-state index contributed by atoms with van der Waals surface area (Å²) in [6.07, 6.45) is 0.497. The van der Waals surface area contributed by atoms with E-state index in [1.54, 1.807) is 16.2 Å². The molecule has 6 heteroatoms. The molecule has 0 saturated carbocycles. The number of halogens is 1. The van der Waals surface area contributed by atoms with Crippen molar-refractivity contribution in [3.63, 3.8) is 0 Å². The fourth-order valence-electron chi connectivity index (χ4n) is 1.83. The highest BCUT2D eigenvalue weighted by atomic mass is 35.5. The monoisotopic (exact) mass is 290 g/mol. The van der Waals surface area contributed by atoms with E-state index in [1.165, 1.54) is 4.88 Å². The second-order valence-corrected chi connectivity index (χ2v) is 5.26. The first-order valence-electron chi connectivity index (χ1n) is 5.84. The molecule has 0 aliphatic carbocycles. The summed E-state index contributed by atoms with van der Waals surface area (Å²) in [5.41, 5.74) is 0. The molecule has 18 heavy (non-hydrogen) atoms. The molecule has 2 rings (SSSR count). The van der Waals surface area contributed by atoms with Gasteiger partial charge in [0.1, 0.15) is 0 Å². The molecule has 0 bridgehead atoms. The number of hydrogen-bond donors (Lipinski definition) is 1. The van der Waals surface area contributed by atoms with Crippen LogP contribution in [0.15, 0.2) is 17.5 Å². The van der Waals surface area contributed by atoms with E-state index in [1.807, 2.05) is 24.6 Å². The number of thiophene rings is 1. The molecule has 1 saturated heterocycles. The van der Waals surface area contributed by atoms with Crippen molar-refractivity contribution in [3.8, 4) is 0 Å². The summed E-state index contributed by atoms with van der Waals surface area (Å²) in [5.74, 6) is 0.145. The molecule has 0 aromatic carbocycles. The summed E-state index contributed by atoms with van der Waals surface area (Å²) in [5, 5.41) is 5.26. The maximum Gasteiger partial charge on any atom is 0.225 e. The van der Waals surface area contributed by atoms with Crippen molar-refractivity contribution in [1.29, 1.82) is 0 Å². The average molecular weight is 291 g/mol. The topological polar surface area (TPSA) is 41.6 Å². The van der Waals surface area contributed by atoms with Gasteiger partial charge in [0.05, 0.1) is 25.7 Å². The van der Waals surface area contributed by atoms with Crippen molar-refractivity contribution in [1.82, 2.24) is 10.2 Å². The van der Waals surface area contributed by atoms with Gasteiger partial charge in [0.2, 0.25) is 5.91 Å². The Morgan fingerprint density at radius 3 is 3.11 bits per heavy atom. The lowest BCUT2D eigenvalue weighted by Gasteiger charge is -2.25. The number of hydrogen-bond acceptors (Lipinski definition) is 4. The summed E-state index contributed by atoms with van der Waals surface area (Å²) in [7, 11) is 1.85. The number of nitrogens with zero attached hydrogens (tertiary/aromatic N) is 1. The molecular formula is C12H19ClN2O2S. The molecule has 102 valence electrons. The van der Waals surface area contributed by atoms with Crippen molar-refractivity contribution >= 4 is 29.7 Å². The molecule has 1 aliphatic rings. The van der Waals surface area contributed by atoms with Crippen LogP contribution < -0.4 is 5.32 Å². The van der Waals surface area contributed by atoms with Gasteiger partial charge in [0.15, 0.2) is 0 Å². The fourth-order valence-corrected chi connectivity index (χ4v) is 2.58. The Bertz CT molecular complexity index is 353. The highest BCUT2D eigenvalue weighted by Gasteiger charge is 2.19. The molecule has 1 unspecified atom stereocenters. The van der Waals surface area contributed by atoms with Crippen molar-refractivity contribution in [3.05, 3.63) is 22.4 Å². The largest absolute Gasteiger partial charge is 0.375 e. The Morgan fingerprint density at radius 2 is 2.50 bits per heavy atom. The lowest BCUT2D eigenvalue weighted by Crippen LogP contribution is -2.41. The van der Waals surface area contributed by atoms with Crippen LogP contribution in [-0.4, -0.2) is 43.7 Å². The van der Waals surface area contributed by atoms with Crippen molar-refractivity contribution in [2.45, 2.75) is 19.1 Å². The molecule has 1 aromatic rings. The van der Waals surface area contributed by atoms with Gasteiger partial charge in [-0.1, -0.05) is 6.07 Å². The molecule has 4 nitrogen and oxygen atoms in total. The zero-order chi connectivity index (χ0) is 12.1. The van der Waals surface area contributed by atoms with E-state index in [4.69, 9.17) is 4.74 Å². The van der Waals surface area contributed by atoms with Crippen LogP contribution in [0, 0.1) is 0 Å². The molecule has 1 fully saturated rings. The summed E-state index contributed by atoms with van der Waals surface area (Å²) in [6, 6.07) is 4.06. The van der Waals surface area contributed by atoms with E-state index < -0.39 is 0 Å². The summed E-state index contributed by atoms with van der Waals surface area (Å²) in [6.45, 7) is 3.05. The third kappa shape index (κ3) is 4.57. The molecule has 1 aliphatic heterocycles. The van der Waals surface area contributed by atoms with Crippen LogP contribution >= 0.6 is 23.7 Å². The number of morpholine rings is 1. The van der Waals surface area contributed by atoms with Crippen LogP contribution in [0.5, 0.6) is 0 Å². The van der Waals surface area contributed by atoms with Gasteiger partial charge in [-0.15, -0.1) is 23.7 Å². The Hall–Kier alpha value is -0.620. The second-order valence-electron chi connectivity index (χ2n) is 4.23. The minimum absolute atomic E-state index is 0. The van der Waals surface area contributed by atoms with Crippen LogP contribution in [0.1, 0.15) is 11.3 Å². The second kappa shape index (κ2) is 7.74. The normalized spacial score (nSPS) is 19.1. The standard InChI is InChI=1S/C12H18N2O2S.ClH/c1-14(9-11-3-2-6-17-11)12(15)7-10-8-13-4-5-16-10;/h2-3,6,10,13H,4-5,7-9H2,1H3;1H. The van der Waals surface area contributed by atoms with Gasteiger partial charge in [-0.25, -0.2) is 0 Å². The van der Waals surface area contributed by atoms with Crippen molar-refractivity contribution in [2.75, 3.05) is 26.7 Å². The summed E-state index contributed by atoms with van der Waals surface area (Å²) < 4.78 is 5.53. The summed E-state index contributed by atoms with van der Waals surface area (Å²) >= 11 is 1.68. The summed E-state index contributed by atoms with van der Waals surface area (Å²) in [4.78, 5) is 14.9. The van der Waals surface area contributed by atoms with E-state index in [2.05, 4.69) is 5.32 Å². The van der Waals surface area contributed by atoms with Crippen LogP contribution in [0.25, 0.3) is 0 Å². The van der Waals surface area contributed by atoms with Gasteiger partial charge in [-0.2, -0.15) is 0 Å². The van der Waals surface area contributed by atoms with Crippen molar-refractivity contribution in [2.24, 2.45) is 0 Å². The SMILES string of the molecule is CN(Cc1cccs1)C(=O)CC1CNCCO1.Cl. The first-order valence-corrected chi connectivity index (χ1v) is 6.72. The highest BCUT2D eigenvalue weighted by molar-refractivity contribution is 7.09. The van der Waals surface area contributed by atoms with E-state index in [-0.39, 0.29) is 24.4 Å². The van der Waals surface area contributed by atoms with Gasteiger partial charge >= 0.3 is 0 Å². The quantitative estimate of drug-likeness (QED) is 0.914. The molecule has 1 aromatic heterocycles. The van der Waals surface area contributed by atoms with Crippen LogP contribution in [0.3, 0.4) is 0 Å². The molecule has 2 heterocycles. The first kappa shape index (κ1) is 15.4. The average Bonchev–Trinajstić information content (AvgIpc) is 2.83. The highest BCUT2D eigenvalue weighted by Crippen LogP contribution is 2.12.